The van der Waals surface area contributed by atoms with E-state index in [0.29, 0.717) is 18.3 Å². The summed E-state index contributed by atoms with van der Waals surface area (Å²) in [5.74, 6) is -0.0889. The van der Waals surface area contributed by atoms with Gasteiger partial charge in [-0.2, -0.15) is 11.8 Å². The van der Waals surface area contributed by atoms with Gasteiger partial charge in [0.2, 0.25) is 0 Å². The molecule has 2 N–H and O–H groups in total. The van der Waals surface area contributed by atoms with Crippen LogP contribution in [0.3, 0.4) is 0 Å². The van der Waals surface area contributed by atoms with E-state index >= 15 is 0 Å². The van der Waals surface area contributed by atoms with E-state index in [-0.39, 0.29) is 17.8 Å². The van der Waals surface area contributed by atoms with E-state index in [9.17, 15) is 9.59 Å². The second kappa shape index (κ2) is 6.84. The monoisotopic (exact) mass is 312 g/mol. The number of carboxylic acids is 1. The number of aromatic nitrogens is 2. The van der Waals surface area contributed by atoms with Gasteiger partial charge in [0.05, 0.1) is 6.33 Å². The molecule has 0 saturated carbocycles. The second-order valence-electron chi connectivity index (χ2n) is 5.04. The molecule has 1 aromatic heterocycles. The lowest BCUT2D eigenvalue weighted by Crippen LogP contribution is -2.52. The van der Waals surface area contributed by atoms with Crippen LogP contribution in [-0.2, 0) is 6.54 Å². The van der Waals surface area contributed by atoms with Crippen LogP contribution in [0.25, 0.3) is 0 Å². The maximum absolute atomic E-state index is 12.1. The molecule has 0 bridgehead atoms. The van der Waals surface area contributed by atoms with Gasteiger partial charge in [-0.25, -0.2) is 14.6 Å². The van der Waals surface area contributed by atoms with Gasteiger partial charge in [-0.05, 0) is 6.92 Å². The third-order valence-corrected chi connectivity index (χ3v) is 4.98. The topological polar surface area (TPSA) is 87.5 Å². The summed E-state index contributed by atoms with van der Waals surface area (Å²) in [6.07, 6.45) is 2.91. The van der Waals surface area contributed by atoms with Crippen LogP contribution in [0.15, 0.2) is 12.5 Å². The van der Waals surface area contributed by atoms with Crippen LogP contribution in [0.2, 0.25) is 0 Å². The number of urea groups is 1. The number of nitrogens with zero attached hydrogens (tertiary/aromatic N) is 3. The molecule has 1 aromatic rings. The van der Waals surface area contributed by atoms with Gasteiger partial charge in [-0.15, -0.1) is 0 Å². The largest absolute Gasteiger partial charge is 0.476 e. The van der Waals surface area contributed by atoms with Gasteiger partial charge in [-0.1, -0.05) is 6.92 Å². The van der Waals surface area contributed by atoms with Gasteiger partial charge in [0, 0.05) is 42.9 Å². The number of thioether (sulfide) groups is 1. The molecule has 1 saturated heterocycles. The number of carbonyl (C=O) groups excluding carboxylic acids is 1. The van der Waals surface area contributed by atoms with Crippen LogP contribution >= 0.6 is 11.8 Å². The molecule has 1 fully saturated rings. The summed E-state index contributed by atoms with van der Waals surface area (Å²) in [6.45, 7) is 5.90. The first kappa shape index (κ1) is 15.7. The molecule has 116 valence electrons. The van der Waals surface area contributed by atoms with Crippen molar-refractivity contribution in [3.05, 3.63) is 18.2 Å². The van der Waals surface area contributed by atoms with Crippen molar-refractivity contribution in [2.75, 3.05) is 18.8 Å². The molecular formula is C13H20N4O3S. The van der Waals surface area contributed by atoms with Crippen LogP contribution in [0.5, 0.6) is 0 Å². The Labute approximate surface area is 127 Å². The van der Waals surface area contributed by atoms with Crippen LogP contribution in [0, 0.1) is 0 Å². The maximum Gasteiger partial charge on any atom is 0.356 e. The highest BCUT2D eigenvalue weighted by Gasteiger charge is 2.28. The quantitative estimate of drug-likeness (QED) is 0.870. The van der Waals surface area contributed by atoms with Crippen LogP contribution < -0.4 is 5.32 Å². The number of hydrogen-bond acceptors (Lipinski definition) is 4. The minimum absolute atomic E-state index is 0.0110. The van der Waals surface area contributed by atoms with Gasteiger partial charge in [0.15, 0.2) is 5.69 Å². The Morgan fingerprint density at radius 3 is 2.95 bits per heavy atom. The van der Waals surface area contributed by atoms with E-state index in [1.807, 2.05) is 16.7 Å². The highest BCUT2D eigenvalue weighted by Crippen LogP contribution is 2.23. The van der Waals surface area contributed by atoms with Crippen molar-refractivity contribution >= 4 is 23.8 Å². The lowest BCUT2D eigenvalue weighted by atomic mass is 10.2. The van der Waals surface area contributed by atoms with Crippen LogP contribution in [0.4, 0.5) is 4.79 Å². The first-order chi connectivity index (χ1) is 9.99. The van der Waals surface area contributed by atoms with E-state index in [1.165, 1.54) is 12.5 Å². The molecule has 1 aliphatic rings. The fourth-order valence-corrected chi connectivity index (χ4v) is 3.31. The number of nitrogens with one attached hydrogen (secondary N) is 1. The molecule has 8 heteroatoms. The molecule has 0 radical (unpaired) electrons. The summed E-state index contributed by atoms with van der Waals surface area (Å²) >= 11 is 1.88. The standard InChI is InChI=1S/C13H20N4O3S/c1-9-10(2)21-6-5-17(9)13(20)14-3-4-16-7-11(12(18)19)15-8-16/h7-10H,3-6H2,1-2H3,(H,14,20)(H,18,19). The zero-order valence-corrected chi connectivity index (χ0v) is 13.0. The smallest absolute Gasteiger partial charge is 0.356 e. The Morgan fingerprint density at radius 2 is 2.29 bits per heavy atom. The highest BCUT2D eigenvalue weighted by atomic mass is 32.2. The Hall–Kier alpha value is -1.70. The third kappa shape index (κ3) is 3.90. The Kier molecular flexibility index (Phi) is 5.11. The van der Waals surface area contributed by atoms with Gasteiger partial charge in [-0.3, -0.25) is 0 Å². The lowest BCUT2D eigenvalue weighted by molar-refractivity contribution is 0.0691. The Morgan fingerprint density at radius 1 is 1.52 bits per heavy atom. The number of carboxylic acid groups (broad SMARTS) is 1. The van der Waals surface area contributed by atoms with Crippen molar-refractivity contribution in [2.45, 2.75) is 31.7 Å². The lowest BCUT2D eigenvalue weighted by Gasteiger charge is -2.37. The van der Waals surface area contributed by atoms with Crippen LogP contribution in [-0.4, -0.2) is 61.7 Å². The summed E-state index contributed by atoms with van der Waals surface area (Å²) in [5, 5.41) is 12.1. The predicted octanol–water partition coefficient (Wildman–Crippen LogP) is 1.12. The summed E-state index contributed by atoms with van der Waals surface area (Å²) in [7, 11) is 0. The Bertz CT molecular complexity index is 519. The van der Waals surface area contributed by atoms with E-state index in [0.717, 1.165) is 12.3 Å². The van der Waals surface area contributed by atoms with Crippen LogP contribution in [0.1, 0.15) is 24.3 Å². The highest BCUT2D eigenvalue weighted by molar-refractivity contribution is 8.00. The Balaban J connectivity index is 1.79. The minimum Gasteiger partial charge on any atom is -0.476 e. The van der Waals surface area contributed by atoms with Crippen molar-refractivity contribution in [3.63, 3.8) is 0 Å². The second-order valence-corrected chi connectivity index (χ2v) is 6.53. The number of carbonyl (C=O) groups is 2. The predicted molar refractivity (Wildman–Crippen MR) is 80.7 cm³/mol. The fourth-order valence-electron chi connectivity index (χ4n) is 2.21. The zero-order chi connectivity index (χ0) is 15.4. The summed E-state index contributed by atoms with van der Waals surface area (Å²) in [6, 6.07) is 0.156. The summed E-state index contributed by atoms with van der Waals surface area (Å²) in [4.78, 5) is 28.5. The van der Waals surface area contributed by atoms with Crippen molar-refractivity contribution < 1.29 is 14.7 Å². The van der Waals surface area contributed by atoms with Crippen molar-refractivity contribution in [1.82, 2.24) is 19.8 Å². The van der Waals surface area contributed by atoms with E-state index in [2.05, 4.69) is 24.1 Å². The van der Waals surface area contributed by atoms with Crippen molar-refractivity contribution in [3.8, 4) is 0 Å². The molecule has 7 nitrogen and oxygen atoms in total. The average molecular weight is 312 g/mol. The van der Waals surface area contributed by atoms with E-state index < -0.39 is 5.97 Å². The molecule has 2 atom stereocenters. The van der Waals surface area contributed by atoms with Gasteiger partial charge >= 0.3 is 12.0 Å². The number of imidazole rings is 1. The summed E-state index contributed by atoms with van der Waals surface area (Å²) in [5.41, 5.74) is 0.0110. The molecule has 2 unspecified atom stereocenters. The SMILES string of the molecule is CC1SCCN(C(=O)NCCn2cnc(C(=O)O)c2)C1C. The number of aromatic carboxylic acids is 1. The first-order valence-corrected chi connectivity index (χ1v) is 7.95. The van der Waals surface area contributed by atoms with Crippen molar-refractivity contribution in [2.24, 2.45) is 0 Å². The van der Waals surface area contributed by atoms with Gasteiger partial charge < -0.3 is 19.9 Å². The molecule has 1 aliphatic heterocycles. The molecule has 0 aromatic carbocycles. The molecule has 2 rings (SSSR count). The number of hydrogen-bond donors (Lipinski definition) is 2. The van der Waals surface area contributed by atoms with E-state index in [1.54, 1.807) is 4.57 Å². The minimum atomic E-state index is -1.05. The fraction of sp³-hybridized carbons (Fsp3) is 0.615. The zero-order valence-electron chi connectivity index (χ0n) is 12.2. The van der Waals surface area contributed by atoms with E-state index in [4.69, 9.17) is 5.11 Å². The van der Waals surface area contributed by atoms with Crippen molar-refractivity contribution in [1.29, 1.82) is 0 Å². The molecule has 0 aliphatic carbocycles. The molecule has 2 heterocycles. The average Bonchev–Trinajstić information content (AvgIpc) is 2.91. The van der Waals surface area contributed by atoms with Gasteiger partial charge in [0.1, 0.15) is 0 Å². The number of rotatable bonds is 4. The molecule has 0 spiro atoms. The molecular weight excluding hydrogens is 292 g/mol. The number of amides is 2. The third-order valence-electron chi connectivity index (χ3n) is 3.64. The first-order valence-electron chi connectivity index (χ1n) is 6.90. The van der Waals surface area contributed by atoms with Gasteiger partial charge in [0.25, 0.3) is 0 Å². The molecule has 2 amide bonds. The summed E-state index contributed by atoms with van der Waals surface area (Å²) < 4.78 is 1.65. The molecule has 21 heavy (non-hydrogen) atoms. The normalized spacial score (nSPS) is 22.1. The maximum atomic E-state index is 12.1.